The predicted octanol–water partition coefficient (Wildman–Crippen LogP) is 6.58. The molecule has 1 aromatic rings. The van der Waals surface area contributed by atoms with Crippen LogP contribution in [-0.2, 0) is 0 Å². The maximum absolute atomic E-state index is 11.5. The largest absolute Gasteiger partial charge is 0.543 e. The molecule has 0 radical (unpaired) electrons. The predicted molar refractivity (Wildman–Crippen MR) is 112 cm³/mol. The van der Waals surface area contributed by atoms with Gasteiger partial charge in [-0.15, -0.1) is 0 Å². The van der Waals surface area contributed by atoms with Crippen LogP contribution in [0, 0.1) is 6.92 Å². The molecule has 0 saturated heterocycles. The van der Waals surface area contributed by atoms with Crippen LogP contribution in [0.2, 0.25) is 36.3 Å². The van der Waals surface area contributed by atoms with Crippen LogP contribution in [-0.4, -0.2) is 22.9 Å². The topological polar surface area (TPSA) is 35.5 Å². The van der Waals surface area contributed by atoms with Gasteiger partial charge < -0.3 is 8.85 Å². The molecule has 0 aliphatic heterocycles. The smallest absolute Gasteiger partial charge is 0.250 e. The van der Waals surface area contributed by atoms with Gasteiger partial charge in [0.2, 0.25) is 16.6 Å². The molecule has 0 aliphatic carbocycles. The van der Waals surface area contributed by atoms with E-state index in [0.717, 1.165) is 59.6 Å². The molecule has 0 spiro atoms. The first-order chi connectivity index (χ1) is 11.9. The Morgan fingerprint density at radius 2 is 1.08 bits per heavy atom. The van der Waals surface area contributed by atoms with E-state index in [0.29, 0.717) is 5.56 Å². The highest BCUT2D eigenvalue weighted by Crippen LogP contribution is 2.36. The minimum atomic E-state index is -1.79. The van der Waals surface area contributed by atoms with E-state index in [2.05, 4.69) is 48.5 Å². The van der Waals surface area contributed by atoms with Crippen LogP contribution in [0.4, 0.5) is 0 Å². The second-order valence-electron chi connectivity index (χ2n) is 6.95. The van der Waals surface area contributed by atoms with Crippen molar-refractivity contribution < 1.29 is 13.6 Å². The first-order valence-electron chi connectivity index (χ1n) is 9.86. The van der Waals surface area contributed by atoms with Crippen LogP contribution >= 0.6 is 0 Å². The number of hydrogen-bond acceptors (Lipinski definition) is 3. The van der Waals surface area contributed by atoms with Crippen LogP contribution in [0.25, 0.3) is 0 Å². The van der Waals surface area contributed by atoms with E-state index >= 15 is 0 Å². The summed E-state index contributed by atoms with van der Waals surface area (Å²) in [6, 6.07) is 10.3. The molecule has 0 aliphatic rings. The fourth-order valence-electron chi connectivity index (χ4n) is 3.36. The molecule has 0 unspecified atom stereocenters. The molecule has 0 aromatic heterocycles. The Morgan fingerprint density at radius 3 is 1.32 bits per heavy atom. The number of aldehydes is 1. The molecule has 142 valence electrons. The summed E-state index contributed by atoms with van der Waals surface area (Å²) in [5.41, 5.74) is 1.69. The summed E-state index contributed by atoms with van der Waals surface area (Å²) in [5, 5.41) is 0. The van der Waals surface area contributed by atoms with Gasteiger partial charge in [-0.25, -0.2) is 0 Å². The van der Waals surface area contributed by atoms with Crippen LogP contribution in [0.5, 0.6) is 11.5 Å². The van der Waals surface area contributed by atoms with Gasteiger partial charge in [0.15, 0.2) is 0 Å². The minimum absolute atomic E-state index is 0.646. The van der Waals surface area contributed by atoms with Gasteiger partial charge in [-0.05, 0) is 55.3 Å². The van der Waals surface area contributed by atoms with E-state index in [4.69, 9.17) is 8.85 Å². The standard InChI is InChI=1S/C20H36O3Si2/c1-8-24(9-2,10-3)22-19-14-18(16-21)15-20(17(19)7)23-25(11-4,12-5)13-6/h14-16H,8-13H2,1-7H3. The van der Waals surface area contributed by atoms with Crippen molar-refractivity contribution in [3.05, 3.63) is 23.3 Å². The van der Waals surface area contributed by atoms with E-state index in [1.165, 1.54) is 0 Å². The highest BCUT2D eigenvalue weighted by Gasteiger charge is 2.34. The zero-order valence-corrected chi connectivity index (χ0v) is 19.2. The number of carbonyl (C=O) groups is 1. The summed E-state index contributed by atoms with van der Waals surface area (Å²) in [6.45, 7) is 15.4. The average molecular weight is 381 g/mol. The quantitative estimate of drug-likeness (QED) is 0.321. The van der Waals surface area contributed by atoms with Gasteiger partial charge in [-0.3, -0.25) is 4.79 Å². The molecular formula is C20H36O3Si2. The Bertz CT molecular complexity index is 505. The summed E-state index contributed by atoms with van der Waals surface area (Å²) in [4.78, 5) is 11.5. The van der Waals surface area contributed by atoms with Crippen molar-refractivity contribution in [3.8, 4) is 11.5 Å². The zero-order chi connectivity index (χ0) is 19.1. The fourth-order valence-corrected chi connectivity index (χ4v) is 8.59. The van der Waals surface area contributed by atoms with Crippen molar-refractivity contribution >= 4 is 22.9 Å². The molecule has 3 nitrogen and oxygen atoms in total. The van der Waals surface area contributed by atoms with E-state index in [1.54, 1.807) is 0 Å². The lowest BCUT2D eigenvalue weighted by molar-refractivity contribution is 0.112. The van der Waals surface area contributed by atoms with Gasteiger partial charge in [0.25, 0.3) is 0 Å². The summed E-state index contributed by atoms with van der Waals surface area (Å²) in [5.74, 6) is 1.70. The maximum Gasteiger partial charge on any atom is 0.250 e. The lowest BCUT2D eigenvalue weighted by Crippen LogP contribution is -2.40. The zero-order valence-electron chi connectivity index (χ0n) is 17.2. The molecule has 1 rings (SSSR count). The van der Waals surface area contributed by atoms with Crippen molar-refractivity contribution in [3.63, 3.8) is 0 Å². The second-order valence-corrected chi connectivity index (χ2v) is 16.3. The number of carbonyl (C=O) groups excluding carboxylic acids is 1. The highest BCUT2D eigenvalue weighted by molar-refractivity contribution is 6.74. The summed E-state index contributed by atoms with van der Waals surface area (Å²) in [7, 11) is -3.58. The molecule has 0 fully saturated rings. The molecule has 0 atom stereocenters. The van der Waals surface area contributed by atoms with Crippen molar-refractivity contribution in [1.29, 1.82) is 0 Å². The van der Waals surface area contributed by atoms with Crippen LogP contribution in [0.3, 0.4) is 0 Å². The first kappa shape index (κ1) is 22.0. The van der Waals surface area contributed by atoms with Gasteiger partial charge in [-0.2, -0.15) is 0 Å². The Morgan fingerprint density at radius 1 is 0.760 bits per heavy atom. The summed E-state index contributed by atoms with van der Waals surface area (Å²) < 4.78 is 13.2. The first-order valence-corrected chi connectivity index (χ1v) is 14.9. The molecule has 0 heterocycles. The van der Waals surface area contributed by atoms with E-state index in [9.17, 15) is 4.79 Å². The summed E-state index contributed by atoms with van der Waals surface area (Å²) >= 11 is 0. The molecule has 0 N–H and O–H groups in total. The Balaban J connectivity index is 3.36. The molecule has 25 heavy (non-hydrogen) atoms. The van der Waals surface area contributed by atoms with Gasteiger partial charge in [-0.1, -0.05) is 41.5 Å². The van der Waals surface area contributed by atoms with Crippen LogP contribution in [0.15, 0.2) is 12.1 Å². The summed E-state index contributed by atoms with van der Waals surface area (Å²) in [6.07, 6.45) is 0.902. The highest BCUT2D eigenvalue weighted by atomic mass is 28.4. The third kappa shape index (κ3) is 4.97. The van der Waals surface area contributed by atoms with Crippen LogP contribution < -0.4 is 8.85 Å². The third-order valence-corrected chi connectivity index (χ3v) is 15.0. The third-order valence-electron chi connectivity index (χ3n) is 5.99. The maximum atomic E-state index is 11.5. The Labute approximate surface area is 156 Å². The number of rotatable bonds is 11. The number of benzene rings is 1. The Hall–Kier alpha value is -1.08. The molecular weight excluding hydrogens is 344 g/mol. The molecule has 5 heteroatoms. The average Bonchev–Trinajstić information content (AvgIpc) is 2.66. The number of hydrogen-bond donors (Lipinski definition) is 0. The lowest BCUT2D eigenvalue weighted by Gasteiger charge is -2.33. The minimum Gasteiger partial charge on any atom is -0.543 e. The Kier molecular flexibility index (Phi) is 8.41. The van der Waals surface area contributed by atoms with Crippen molar-refractivity contribution in [2.75, 3.05) is 0 Å². The van der Waals surface area contributed by atoms with Crippen molar-refractivity contribution in [2.24, 2.45) is 0 Å². The fraction of sp³-hybridized carbons (Fsp3) is 0.650. The molecule has 1 aromatic carbocycles. The molecule has 0 bridgehead atoms. The second kappa shape index (κ2) is 9.57. The molecule has 0 amide bonds. The van der Waals surface area contributed by atoms with Crippen LogP contribution in [0.1, 0.15) is 57.5 Å². The van der Waals surface area contributed by atoms with E-state index in [1.807, 2.05) is 12.1 Å². The van der Waals surface area contributed by atoms with Crippen molar-refractivity contribution in [1.82, 2.24) is 0 Å². The van der Waals surface area contributed by atoms with Gasteiger partial charge in [0, 0.05) is 11.1 Å². The SMILES string of the molecule is CC[Si](CC)(CC)Oc1cc(C=O)cc(O[Si](CC)(CC)CC)c1C. The molecule has 0 saturated carbocycles. The lowest BCUT2D eigenvalue weighted by atomic mass is 10.1. The van der Waals surface area contributed by atoms with Crippen molar-refractivity contribution in [2.45, 2.75) is 84.7 Å². The van der Waals surface area contributed by atoms with Gasteiger partial charge in [0.05, 0.1) is 0 Å². The van der Waals surface area contributed by atoms with E-state index in [-0.39, 0.29) is 0 Å². The normalized spacial score (nSPS) is 12.1. The van der Waals surface area contributed by atoms with Gasteiger partial charge in [0.1, 0.15) is 17.8 Å². The van der Waals surface area contributed by atoms with E-state index < -0.39 is 16.6 Å². The monoisotopic (exact) mass is 380 g/mol. The van der Waals surface area contributed by atoms with Gasteiger partial charge >= 0.3 is 0 Å².